The normalized spacial score (nSPS) is 12.7. The van der Waals surface area contributed by atoms with E-state index in [0.29, 0.717) is 0 Å². The molecule has 0 aliphatic carbocycles. The lowest BCUT2D eigenvalue weighted by molar-refractivity contribution is 1.17. The zero-order valence-corrected chi connectivity index (χ0v) is 10.3. The highest BCUT2D eigenvalue weighted by Gasteiger charge is 1.95. The standard InChI is InChI=1S/C15H19N/c1-5-12(2)14(4)16-11-13(3)15-9-7-6-8-10-15/h6-11H,2,5H2,1,3-4H3/b13-11+,16-14+. The molecule has 0 saturated carbocycles. The molecule has 0 aromatic heterocycles. The Morgan fingerprint density at radius 1 is 1.25 bits per heavy atom. The van der Waals surface area contributed by atoms with Crippen LogP contribution in [0.4, 0.5) is 0 Å². The van der Waals surface area contributed by atoms with E-state index in [1.165, 1.54) is 11.1 Å². The maximum Gasteiger partial charge on any atom is 0.0398 e. The zero-order valence-electron chi connectivity index (χ0n) is 10.3. The summed E-state index contributed by atoms with van der Waals surface area (Å²) in [5.74, 6) is 0. The molecule has 0 aliphatic rings. The lowest BCUT2D eigenvalue weighted by atomic mass is 10.1. The molecule has 84 valence electrons. The Morgan fingerprint density at radius 2 is 1.88 bits per heavy atom. The van der Waals surface area contributed by atoms with Gasteiger partial charge < -0.3 is 0 Å². The molecule has 0 saturated heterocycles. The second kappa shape index (κ2) is 6.06. The Bertz CT molecular complexity index is 410. The van der Waals surface area contributed by atoms with Gasteiger partial charge in [0, 0.05) is 11.9 Å². The largest absolute Gasteiger partial charge is 0.261 e. The average molecular weight is 213 g/mol. The number of hydrogen-bond donors (Lipinski definition) is 0. The fourth-order valence-corrected chi connectivity index (χ4v) is 1.32. The molecular weight excluding hydrogens is 194 g/mol. The summed E-state index contributed by atoms with van der Waals surface area (Å²) in [6.07, 6.45) is 2.86. The average Bonchev–Trinajstić information content (AvgIpc) is 2.35. The third kappa shape index (κ3) is 3.50. The van der Waals surface area contributed by atoms with Gasteiger partial charge in [0.1, 0.15) is 0 Å². The minimum Gasteiger partial charge on any atom is -0.261 e. The third-order valence-electron chi connectivity index (χ3n) is 2.62. The molecule has 0 amide bonds. The molecule has 1 aromatic carbocycles. The number of benzene rings is 1. The van der Waals surface area contributed by atoms with E-state index < -0.39 is 0 Å². The Hall–Kier alpha value is -1.63. The highest BCUT2D eigenvalue weighted by Crippen LogP contribution is 2.13. The number of nitrogens with zero attached hydrogens (tertiary/aromatic N) is 1. The van der Waals surface area contributed by atoms with E-state index in [0.717, 1.165) is 17.7 Å². The van der Waals surface area contributed by atoms with Gasteiger partial charge in [0.2, 0.25) is 0 Å². The van der Waals surface area contributed by atoms with Crippen LogP contribution < -0.4 is 0 Å². The van der Waals surface area contributed by atoms with Crippen LogP contribution in [-0.2, 0) is 0 Å². The molecule has 0 N–H and O–H groups in total. The first kappa shape index (κ1) is 12.4. The fourth-order valence-electron chi connectivity index (χ4n) is 1.32. The lowest BCUT2D eigenvalue weighted by Crippen LogP contribution is -1.93. The van der Waals surface area contributed by atoms with Crippen LogP contribution in [0, 0.1) is 0 Å². The summed E-state index contributed by atoms with van der Waals surface area (Å²) in [5.41, 5.74) is 4.49. The Morgan fingerprint density at radius 3 is 2.44 bits per heavy atom. The summed E-state index contributed by atoms with van der Waals surface area (Å²) in [6.45, 7) is 10.1. The third-order valence-corrected chi connectivity index (χ3v) is 2.62. The van der Waals surface area contributed by atoms with Gasteiger partial charge in [0.25, 0.3) is 0 Å². The van der Waals surface area contributed by atoms with Gasteiger partial charge in [-0.1, -0.05) is 43.8 Å². The molecule has 1 heteroatoms. The topological polar surface area (TPSA) is 12.4 Å². The van der Waals surface area contributed by atoms with E-state index >= 15 is 0 Å². The maximum absolute atomic E-state index is 4.43. The summed E-state index contributed by atoms with van der Waals surface area (Å²) in [4.78, 5) is 4.43. The minimum atomic E-state index is 0.952. The van der Waals surface area contributed by atoms with E-state index in [2.05, 4.69) is 37.6 Å². The number of hydrogen-bond acceptors (Lipinski definition) is 1. The first-order valence-electron chi connectivity index (χ1n) is 5.60. The molecule has 16 heavy (non-hydrogen) atoms. The van der Waals surface area contributed by atoms with Crippen LogP contribution in [-0.4, -0.2) is 5.71 Å². The van der Waals surface area contributed by atoms with Crippen molar-refractivity contribution in [2.24, 2.45) is 4.99 Å². The van der Waals surface area contributed by atoms with Gasteiger partial charge in [-0.3, -0.25) is 4.99 Å². The lowest BCUT2D eigenvalue weighted by Gasteiger charge is -2.01. The highest BCUT2D eigenvalue weighted by atomic mass is 14.7. The Balaban J connectivity index is 2.83. The predicted octanol–water partition coefficient (Wildman–Crippen LogP) is 4.47. The van der Waals surface area contributed by atoms with E-state index in [1.807, 2.05) is 31.3 Å². The van der Waals surface area contributed by atoms with Crippen LogP contribution in [0.3, 0.4) is 0 Å². The number of rotatable bonds is 4. The molecule has 0 fully saturated rings. The van der Waals surface area contributed by atoms with E-state index in [-0.39, 0.29) is 0 Å². The number of allylic oxidation sites excluding steroid dienone is 2. The van der Waals surface area contributed by atoms with Crippen molar-refractivity contribution < 1.29 is 0 Å². The van der Waals surface area contributed by atoms with Crippen molar-refractivity contribution in [2.75, 3.05) is 0 Å². The fraction of sp³-hybridized carbons (Fsp3) is 0.267. The second-order valence-electron chi connectivity index (χ2n) is 3.85. The van der Waals surface area contributed by atoms with Crippen LogP contribution in [0.2, 0.25) is 0 Å². The van der Waals surface area contributed by atoms with Gasteiger partial charge in [-0.15, -0.1) is 0 Å². The molecular formula is C15H19N. The van der Waals surface area contributed by atoms with Crippen molar-refractivity contribution in [3.63, 3.8) is 0 Å². The first-order chi connectivity index (χ1) is 7.65. The summed E-state index contributed by atoms with van der Waals surface area (Å²) < 4.78 is 0. The molecule has 0 heterocycles. The molecule has 1 rings (SSSR count). The quantitative estimate of drug-likeness (QED) is 0.654. The van der Waals surface area contributed by atoms with Crippen molar-refractivity contribution in [1.29, 1.82) is 0 Å². The van der Waals surface area contributed by atoms with Crippen LogP contribution in [0.15, 0.2) is 53.7 Å². The predicted molar refractivity (Wildman–Crippen MR) is 72.6 cm³/mol. The van der Waals surface area contributed by atoms with Crippen LogP contribution in [0.1, 0.15) is 32.8 Å². The Labute approximate surface area is 98.2 Å². The molecule has 0 bridgehead atoms. The zero-order chi connectivity index (χ0) is 12.0. The van der Waals surface area contributed by atoms with Crippen molar-refractivity contribution >= 4 is 11.3 Å². The molecule has 0 atom stereocenters. The smallest absolute Gasteiger partial charge is 0.0398 e. The molecule has 1 aromatic rings. The minimum absolute atomic E-state index is 0.952. The first-order valence-corrected chi connectivity index (χ1v) is 5.60. The van der Waals surface area contributed by atoms with Gasteiger partial charge in [-0.2, -0.15) is 0 Å². The van der Waals surface area contributed by atoms with Crippen molar-refractivity contribution in [1.82, 2.24) is 0 Å². The van der Waals surface area contributed by atoms with Gasteiger partial charge >= 0.3 is 0 Å². The SMILES string of the molecule is C=C(CC)/C(C)=N/C=C(\C)c1ccccc1. The van der Waals surface area contributed by atoms with Gasteiger partial charge in [0.15, 0.2) is 0 Å². The summed E-state index contributed by atoms with van der Waals surface area (Å²) in [7, 11) is 0. The van der Waals surface area contributed by atoms with Crippen molar-refractivity contribution in [3.8, 4) is 0 Å². The van der Waals surface area contributed by atoms with Crippen LogP contribution in [0.5, 0.6) is 0 Å². The van der Waals surface area contributed by atoms with Gasteiger partial charge in [0.05, 0.1) is 0 Å². The van der Waals surface area contributed by atoms with Crippen molar-refractivity contribution in [2.45, 2.75) is 27.2 Å². The van der Waals surface area contributed by atoms with E-state index in [9.17, 15) is 0 Å². The molecule has 0 unspecified atom stereocenters. The molecule has 0 aliphatic heterocycles. The van der Waals surface area contributed by atoms with E-state index in [1.54, 1.807) is 0 Å². The van der Waals surface area contributed by atoms with Crippen LogP contribution in [0.25, 0.3) is 5.57 Å². The summed E-state index contributed by atoms with van der Waals surface area (Å²) >= 11 is 0. The van der Waals surface area contributed by atoms with Gasteiger partial charge in [-0.25, -0.2) is 0 Å². The van der Waals surface area contributed by atoms with E-state index in [4.69, 9.17) is 0 Å². The molecule has 1 nitrogen and oxygen atoms in total. The number of aliphatic imine (C=N–C) groups is 1. The summed E-state index contributed by atoms with van der Waals surface area (Å²) in [6, 6.07) is 10.3. The summed E-state index contributed by atoms with van der Waals surface area (Å²) in [5, 5.41) is 0. The molecule has 0 spiro atoms. The Kier molecular flexibility index (Phi) is 4.71. The van der Waals surface area contributed by atoms with Crippen molar-refractivity contribution in [3.05, 3.63) is 54.2 Å². The maximum atomic E-state index is 4.43. The highest BCUT2D eigenvalue weighted by molar-refractivity contribution is 5.98. The second-order valence-corrected chi connectivity index (χ2v) is 3.85. The van der Waals surface area contributed by atoms with Gasteiger partial charge in [-0.05, 0) is 37.0 Å². The monoisotopic (exact) mass is 213 g/mol. The molecule has 0 radical (unpaired) electrons. The van der Waals surface area contributed by atoms with Crippen LogP contribution >= 0.6 is 0 Å².